The number of hydrogen-bond donors (Lipinski definition) is 2. The van der Waals surface area contributed by atoms with Gasteiger partial charge in [0.1, 0.15) is 5.69 Å². The monoisotopic (exact) mass is 527 g/mol. The second kappa shape index (κ2) is 12.0. The maximum Gasteiger partial charge on any atom is 0.116 e. The van der Waals surface area contributed by atoms with Gasteiger partial charge in [0, 0.05) is 26.6 Å². The lowest BCUT2D eigenvalue weighted by molar-refractivity contribution is 0.964. The zero-order valence-corrected chi connectivity index (χ0v) is 23.3. The lowest BCUT2D eigenvalue weighted by atomic mass is 9.98. The quantitative estimate of drug-likeness (QED) is 0.187. The molecule has 0 atom stereocenters. The summed E-state index contributed by atoms with van der Waals surface area (Å²) in [6, 6.07) is 23.4. The number of fused-ring (bicyclic) bond motifs is 1. The van der Waals surface area contributed by atoms with Crippen molar-refractivity contribution >= 4 is 34.4 Å². The van der Waals surface area contributed by atoms with Crippen LogP contribution in [0.25, 0.3) is 44.9 Å². The van der Waals surface area contributed by atoms with Crippen molar-refractivity contribution in [2.24, 2.45) is 0 Å². The van der Waals surface area contributed by atoms with Crippen molar-refractivity contribution in [2.45, 2.75) is 26.7 Å². The first-order chi connectivity index (χ1) is 19.1. The van der Waals surface area contributed by atoms with Gasteiger partial charge >= 0.3 is 0 Å². The van der Waals surface area contributed by atoms with Crippen LogP contribution in [0.15, 0.2) is 120 Å². The lowest BCUT2D eigenvalue weighted by Crippen LogP contribution is -2.23. The Morgan fingerprint density at radius 1 is 1.03 bits per heavy atom. The number of nitrogens with one attached hydrogen (secondary N) is 2. The Bertz CT molecular complexity index is 1790. The summed E-state index contributed by atoms with van der Waals surface area (Å²) in [5.41, 5.74) is 8.69. The number of benzene rings is 2. The van der Waals surface area contributed by atoms with E-state index in [0.717, 1.165) is 51.5 Å². The molecule has 5 rings (SSSR count). The molecule has 0 aliphatic rings. The molecule has 0 saturated carbocycles. The van der Waals surface area contributed by atoms with E-state index in [1.165, 1.54) is 27.0 Å². The fraction of sp³-hybridized carbons (Fsp3) is 0.114. The van der Waals surface area contributed by atoms with Crippen LogP contribution in [-0.2, 0) is 6.42 Å². The summed E-state index contributed by atoms with van der Waals surface area (Å²) in [5.74, 6) is 0. The Morgan fingerprint density at radius 2 is 1.87 bits per heavy atom. The first-order valence-electron chi connectivity index (χ1n) is 13.2. The van der Waals surface area contributed by atoms with Crippen molar-refractivity contribution in [2.75, 3.05) is 0 Å². The lowest BCUT2D eigenvalue weighted by Gasteiger charge is -2.07. The highest BCUT2D eigenvalue weighted by Gasteiger charge is 2.13. The van der Waals surface area contributed by atoms with Gasteiger partial charge < -0.3 is 4.98 Å². The Labute approximate surface area is 234 Å². The standard InChI is InChI=1S/C35H33N3S/c1-5-25(18-19-26-13-9-8-10-14-26)22-27(6-2)24(4)21-30-31(7-3)37-38-35(30)33-23-29-28(34-17-12-20-39-34)15-11-16-32(29)36-33/h5-17,20-23,36-37H,1,4,18-19H2,2-3H3/b25-22+,27-6+,30-21+,31-7+. The first-order valence-corrected chi connectivity index (χ1v) is 14.1. The molecule has 0 aliphatic heterocycles. The molecule has 4 heteroatoms. The maximum absolute atomic E-state index is 4.71. The van der Waals surface area contributed by atoms with Gasteiger partial charge in [-0.15, -0.1) is 11.3 Å². The Hall–Kier alpha value is -4.41. The zero-order valence-electron chi connectivity index (χ0n) is 22.5. The largest absolute Gasteiger partial charge is 0.353 e. The molecule has 39 heavy (non-hydrogen) atoms. The maximum atomic E-state index is 4.71. The van der Waals surface area contributed by atoms with Gasteiger partial charge in [-0.05, 0) is 78.6 Å². The molecule has 5 aromatic rings. The van der Waals surface area contributed by atoms with E-state index in [9.17, 15) is 0 Å². The summed E-state index contributed by atoms with van der Waals surface area (Å²) in [4.78, 5) is 4.86. The van der Waals surface area contributed by atoms with E-state index in [4.69, 9.17) is 5.10 Å². The minimum Gasteiger partial charge on any atom is -0.353 e. The first kappa shape index (κ1) is 26.2. The number of thiophene rings is 1. The minimum absolute atomic E-state index is 0.880. The molecule has 0 saturated heterocycles. The zero-order chi connectivity index (χ0) is 27.2. The Kier molecular flexibility index (Phi) is 8.04. The second-order valence-corrected chi connectivity index (χ2v) is 10.4. The molecule has 3 nitrogen and oxygen atoms in total. The molecule has 0 bridgehead atoms. The summed E-state index contributed by atoms with van der Waals surface area (Å²) in [7, 11) is 0. The summed E-state index contributed by atoms with van der Waals surface area (Å²) in [6.07, 6.45) is 12.3. The molecule has 3 heterocycles. The number of H-pyrrole nitrogens is 2. The molecule has 0 radical (unpaired) electrons. The highest BCUT2D eigenvalue weighted by molar-refractivity contribution is 7.13. The van der Waals surface area contributed by atoms with Crippen LogP contribution in [0.5, 0.6) is 0 Å². The number of hydrogen-bond acceptors (Lipinski definition) is 2. The number of aromatic nitrogens is 3. The van der Waals surface area contributed by atoms with Crippen molar-refractivity contribution in [3.05, 3.63) is 136 Å². The van der Waals surface area contributed by atoms with E-state index in [2.05, 4.69) is 127 Å². The highest BCUT2D eigenvalue weighted by Crippen LogP contribution is 2.33. The van der Waals surface area contributed by atoms with Gasteiger partial charge in [-0.25, -0.2) is 0 Å². The van der Waals surface area contributed by atoms with E-state index >= 15 is 0 Å². The summed E-state index contributed by atoms with van der Waals surface area (Å²) >= 11 is 1.75. The average molecular weight is 528 g/mol. The molecule has 0 fully saturated rings. The van der Waals surface area contributed by atoms with Gasteiger partial charge in [0.25, 0.3) is 0 Å². The van der Waals surface area contributed by atoms with Gasteiger partial charge in [0.2, 0.25) is 0 Å². The molecular weight excluding hydrogens is 494 g/mol. The minimum atomic E-state index is 0.880. The van der Waals surface area contributed by atoms with Crippen LogP contribution in [0.4, 0.5) is 0 Å². The summed E-state index contributed by atoms with van der Waals surface area (Å²) in [5, 5.41) is 13.2. The van der Waals surface area contributed by atoms with Crippen LogP contribution >= 0.6 is 11.3 Å². The third-order valence-electron chi connectivity index (χ3n) is 6.98. The van der Waals surface area contributed by atoms with E-state index in [1.807, 2.05) is 13.0 Å². The van der Waals surface area contributed by atoms with E-state index in [-0.39, 0.29) is 0 Å². The van der Waals surface area contributed by atoms with Crippen molar-refractivity contribution < 1.29 is 0 Å². The van der Waals surface area contributed by atoms with Crippen LogP contribution < -0.4 is 10.6 Å². The van der Waals surface area contributed by atoms with Gasteiger partial charge in [-0.1, -0.05) is 86.0 Å². The van der Waals surface area contributed by atoms with Crippen LogP contribution in [0, 0.1) is 0 Å². The predicted octanol–water partition coefficient (Wildman–Crippen LogP) is 8.12. The smallest absolute Gasteiger partial charge is 0.116 e. The number of rotatable bonds is 9. The Balaban J connectivity index is 1.50. The number of aryl methyl sites for hydroxylation is 1. The third-order valence-corrected chi connectivity index (χ3v) is 7.88. The number of nitrogens with zero attached hydrogens (tertiary/aromatic N) is 1. The third kappa shape index (κ3) is 5.71. The van der Waals surface area contributed by atoms with E-state index in [1.54, 1.807) is 11.3 Å². The molecule has 194 valence electrons. The van der Waals surface area contributed by atoms with E-state index < -0.39 is 0 Å². The average Bonchev–Trinajstić information content (AvgIpc) is 3.73. The highest BCUT2D eigenvalue weighted by atomic mass is 32.1. The topological polar surface area (TPSA) is 44.5 Å². The van der Waals surface area contributed by atoms with Gasteiger partial charge in [-0.3, -0.25) is 5.10 Å². The summed E-state index contributed by atoms with van der Waals surface area (Å²) in [6.45, 7) is 12.6. The normalized spacial score (nSPS) is 13.4. The molecule has 2 N–H and O–H groups in total. The predicted molar refractivity (Wildman–Crippen MR) is 169 cm³/mol. The van der Waals surface area contributed by atoms with Gasteiger partial charge in [-0.2, -0.15) is 5.10 Å². The fourth-order valence-corrected chi connectivity index (χ4v) is 5.62. The SMILES string of the molecule is C=C/C(=C\C(=C/C)C(=C)/C=c1/c(-c2cc3c(-c4cccs4)cccc3[nH]2)n[nH]/c1=C/C)CCc1ccccc1. The molecule has 0 unspecified atom stereocenters. The van der Waals surface area contributed by atoms with E-state index in [0.29, 0.717) is 0 Å². The molecule has 3 aromatic heterocycles. The molecule has 0 spiro atoms. The van der Waals surface area contributed by atoms with Crippen LogP contribution in [0.2, 0.25) is 0 Å². The van der Waals surface area contributed by atoms with Crippen molar-refractivity contribution in [3.8, 4) is 21.8 Å². The van der Waals surface area contributed by atoms with Gasteiger partial charge in [0.05, 0.1) is 11.0 Å². The van der Waals surface area contributed by atoms with Gasteiger partial charge in [0.15, 0.2) is 0 Å². The number of aromatic amines is 2. The fourth-order valence-electron chi connectivity index (χ4n) is 4.85. The molecular formula is C35H33N3S. The van der Waals surface area contributed by atoms with Crippen molar-refractivity contribution in [1.29, 1.82) is 0 Å². The number of allylic oxidation sites excluding steroid dienone is 6. The molecule has 0 aliphatic carbocycles. The summed E-state index contributed by atoms with van der Waals surface area (Å²) < 4.78 is 0. The van der Waals surface area contributed by atoms with Crippen molar-refractivity contribution in [3.63, 3.8) is 0 Å². The van der Waals surface area contributed by atoms with Crippen LogP contribution in [0.1, 0.15) is 25.8 Å². The second-order valence-electron chi connectivity index (χ2n) is 9.44. The van der Waals surface area contributed by atoms with Crippen molar-refractivity contribution in [1.82, 2.24) is 15.2 Å². The van der Waals surface area contributed by atoms with Crippen LogP contribution in [0.3, 0.4) is 0 Å². The van der Waals surface area contributed by atoms with Crippen LogP contribution in [-0.4, -0.2) is 15.2 Å². The Morgan fingerprint density at radius 3 is 2.59 bits per heavy atom. The molecule has 0 amide bonds. The molecule has 2 aromatic carbocycles.